The number of hydrogen-bond donors (Lipinski definition) is 1. The molecular formula is C21H22N4OS2. The Balaban J connectivity index is 1.63. The number of amides is 1. The van der Waals surface area contributed by atoms with E-state index in [0.717, 1.165) is 20.6 Å². The molecule has 0 aliphatic carbocycles. The summed E-state index contributed by atoms with van der Waals surface area (Å²) in [5, 5.41) is 12.1. The highest BCUT2D eigenvalue weighted by molar-refractivity contribution is 8.01. The van der Waals surface area contributed by atoms with Gasteiger partial charge in [-0.15, -0.1) is 16.8 Å². The number of nitrogens with one attached hydrogen (secondary N) is 1. The van der Waals surface area contributed by atoms with Crippen molar-refractivity contribution in [2.24, 2.45) is 0 Å². The molecule has 2 aromatic carbocycles. The van der Waals surface area contributed by atoms with E-state index in [-0.39, 0.29) is 5.91 Å². The van der Waals surface area contributed by atoms with Gasteiger partial charge in [-0.25, -0.2) is 0 Å². The van der Waals surface area contributed by atoms with Crippen LogP contribution in [0.15, 0.2) is 77.7 Å². The summed E-state index contributed by atoms with van der Waals surface area (Å²) < 4.78 is 0.777. The molecule has 3 aromatic rings. The number of rotatable bonds is 10. The van der Waals surface area contributed by atoms with Crippen molar-refractivity contribution in [2.45, 2.75) is 17.4 Å². The van der Waals surface area contributed by atoms with Crippen LogP contribution in [0.3, 0.4) is 0 Å². The first-order valence-electron chi connectivity index (χ1n) is 8.91. The third-order valence-corrected chi connectivity index (χ3v) is 5.91. The van der Waals surface area contributed by atoms with Crippen LogP contribution < -0.4 is 5.32 Å². The molecule has 1 aromatic heterocycles. The van der Waals surface area contributed by atoms with Crippen LogP contribution in [0.5, 0.6) is 0 Å². The molecule has 5 nitrogen and oxygen atoms in total. The minimum Gasteiger partial charge on any atom is -0.357 e. The molecule has 0 saturated heterocycles. The van der Waals surface area contributed by atoms with Crippen LogP contribution in [0, 0.1) is 0 Å². The molecule has 0 aliphatic rings. The third-order valence-electron chi connectivity index (χ3n) is 3.91. The molecule has 0 aliphatic heterocycles. The fraction of sp³-hybridized carbons (Fsp3) is 0.190. The minimum atomic E-state index is 0.0773. The molecule has 144 valence electrons. The lowest BCUT2D eigenvalue weighted by molar-refractivity contribution is -0.129. The second-order valence-corrected chi connectivity index (χ2v) is 8.25. The van der Waals surface area contributed by atoms with Crippen LogP contribution in [0.25, 0.3) is 0 Å². The highest BCUT2D eigenvalue weighted by Crippen LogP contribution is 2.26. The Morgan fingerprint density at radius 1 is 1.04 bits per heavy atom. The SMILES string of the molecule is C=CCNc1nnc(SCC(=O)N(Cc2ccccc2)Cc2ccccc2)s1. The van der Waals surface area contributed by atoms with Crippen molar-refractivity contribution in [1.29, 1.82) is 0 Å². The lowest BCUT2D eigenvalue weighted by atomic mass is 10.1. The van der Waals surface area contributed by atoms with Crippen molar-refractivity contribution in [2.75, 3.05) is 17.6 Å². The van der Waals surface area contributed by atoms with E-state index in [0.29, 0.717) is 25.4 Å². The Morgan fingerprint density at radius 2 is 1.64 bits per heavy atom. The average Bonchev–Trinajstić information content (AvgIpc) is 3.19. The van der Waals surface area contributed by atoms with Crippen molar-refractivity contribution >= 4 is 34.1 Å². The van der Waals surface area contributed by atoms with Crippen molar-refractivity contribution in [3.05, 3.63) is 84.4 Å². The molecule has 7 heteroatoms. The summed E-state index contributed by atoms with van der Waals surface area (Å²) >= 11 is 2.87. The Bertz CT molecular complexity index is 842. The van der Waals surface area contributed by atoms with Gasteiger partial charge in [-0.05, 0) is 11.1 Å². The molecule has 0 spiro atoms. The van der Waals surface area contributed by atoms with E-state index in [4.69, 9.17) is 0 Å². The van der Waals surface area contributed by atoms with Gasteiger partial charge >= 0.3 is 0 Å². The van der Waals surface area contributed by atoms with E-state index in [1.165, 1.54) is 23.1 Å². The smallest absolute Gasteiger partial charge is 0.233 e. The molecule has 0 fully saturated rings. The molecule has 0 saturated carbocycles. The van der Waals surface area contributed by atoms with E-state index in [9.17, 15) is 4.79 Å². The van der Waals surface area contributed by atoms with Gasteiger partial charge < -0.3 is 10.2 Å². The minimum absolute atomic E-state index is 0.0773. The Hall–Kier alpha value is -2.64. The maximum Gasteiger partial charge on any atom is 0.233 e. The Labute approximate surface area is 173 Å². The molecule has 1 heterocycles. The van der Waals surface area contributed by atoms with Gasteiger partial charge in [0.15, 0.2) is 4.34 Å². The van der Waals surface area contributed by atoms with Crippen LogP contribution in [0.2, 0.25) is 0 Å². The van der Waals surface area contributed by atoms with Crippen molar-refractivity contribution in [3.63, 3.8) is 0 Å². The maximum atomic E-state index is 12.9. The molecule has 1 N–H and O–H groups in total. The first-order chi connectivity index (χ1) is 13.7. The third kappa shape index (κ3) is 6.21. The normalized spacial score (nSPS) is 10.4. The van der Waals surface area contributed by atoms with Crippen molar-refractivity contribution < 1.29 is 4.79 Å². The zero-order valence-electron chi connectivity index (χ0n) is 15.5. The summed E-state index contributed by atoms with van der Waals surface area (Å²) in [6.45, 7) is 5.47. The van der Waals surface area contributed by atoms with Gasteiger partial charge in [-0.3, -0.25) is 4.79 Å². The standard InChI is InChI=1S/C21H22N4OS2/c1-2-13-22-20-23-24-21(28-20)27-16-19(26)25(14-17-9-5-3-6-10-17)15-18-11-7-4-8-12-18/h2-12H,1,13-16H2,(H,22,23). The molecule has 28 heavy (non-hydrogen) atoms. The van der Waals surface area contributed by atoms with Gasteiger partial charge in [0.1, 0.15) is 0 Å². The molecule has 0 bridgehead atoms. The Kier molecular flexibility index (Phi) is 7.63. The van der Waals surface area contributed by atoms with Gasteiger partial charge in [0.05, 0.1) is 5.75 Å². The summed E-state index contributed by atoms with van der Waals surface area (Å²) in [5.41, 5.74) is 2.23. The maximum absolute atomic E-state index is 12.9. The number of carbonyl (C=O) groups excluding carboxylic acids is 1. The largest absolute Gasteiger partial charge is 0.357 e. The number of benzene rings is 2. The lowest BCUT2D eigenvalue weighted by Gasteiger charge is -2.23. The van der Waals surface area contributed by atoms with Crippen LogP contribution in [-0.4, -0.2) is 33.3 Å². The zero-order chi connectivity index (χ0) is 19.6. The second kappa shape index (κ2) is 10.6. The first kappa shape index (κ1) is 20.1. The summed E-state index contributed by atoms with van der Waals surface area (Å²) in [4.78, 5) is 14.8. The van der Waals surface area contributed by atoms with Gasteiger partial charge in [-0.1, -0.05) is 89.8 Å². The van der Waals surface area contributed by atoms with E-state index >= 15 is 0 Å². The number of thioether (sulfide) groups is 1. The second-order valence-electron chi connectivity index (χ2n) is 6.05. The molecule has 0 atom stereocenters. The van der Waals surface area contributed by atoms with Crippen LogP contribution >= 0.6 is 23.1 Å². The predicted molar refractivity (Wildman–Crippen MR) is 116 cm³/mol. The van der Waals surface area contributed by atoms with E-state index < -0.39 is 0 Å². The van der Waals surface area contributed by atoms with E-state index in [2.05, 4.69) is 22.1 Å². The highest BCUT2D eigenvalue weighted by Gasteiger charge is 2.16. The fourth-order valence-electron chi connectivity index (χ4n) is 2.55. The monoisotopic (exact) mass is 410 g/mol. The van der Waals surface area contributed by atoms with E-state index in [1.54, 1.807) is 6.08 Å². The summed E-state index contributed by atoms with van der Waals surface area (Å²) in [6.07, 6.45) is 1.77. The highest BCUT2D eigenvalue weighted by atomic mass is 32.2. The lowest BCUT2D eigenvalue weighted by Crippen LogP contribution is -2.31. The van der Waals surface area contributed by atoms with Crippen LogP contribution in [0.1, 0.15) is 11.1 Å². The molecular weight excluding hydrogens is 388 g/mol. The van der Waals surface area contributed by atoms with Gasteiger partial charge in [0.2, 0.25) is 11.0 Å². The first-order valence-corrected chi connectivity index (χ1v) is 10.7. The number of aromatic nitrogens is 2. The quantitative estimate of drug-likeness (QED) is 0.395. The van der Waals surface area contributed by atoms with E-state index in [1.807, 2.05) is 65.6 Å². The van der Waals surface area contributed by atoms with Gasteiger partial charge in [0.25, 0.3) is 0 Å². The van der Waals surface area contributed by atoms with Gasteiger partial charge in [0, 0.05) is 19.6 Å². The number of hydrogen-bond acceptors (Lipinski definition) is 6. The summed E-state index contributed by atoms with van der Waals surface area (Å²) in [6, 6.07) is 20.1. The molecule has 0 radical (unpaired) electrons. The van der Waals surface area contributed by atoms with Crippen molar-refractivity contribution in [3.8, 4) is 0 Å². The number of anilines is 1. The molecule has 0 unspecified atom stereocenters. The number of nitrogens with zero attached hydrogens (tertiary/aromatic N) is 3. The van der Waals surface area contributed by atoms with Crippen molar-refractivity contribution in [1.82, 2.24) is 15.1 Å². The predicted octanol–water partition coefficient (Wildman–Crippen LogP) is 4.46. The van der Waals surface area contributed by atoms with Crippen LogP contribution in [0.4, 0.5) is 5.13 Å². The zero-order valence-corrected chi connectivity index (χ0v) is 17.1. The fourth-order valence-corrected chi connectivity index (χ4v) is 4.22. The molecule has 1 amide bonds. The average molecular weight is 411 g/mol. The topological polar surface area (TPSA) is 58.1 Å². The number of carbonyl (C=O) groups is 1. The Morgan fingerprint density at radius 3 is 2.21 bits per heavy atom. The summed E-state index contributed by atoms with van der Waals surface area (Å²) in [5.74, 6) is 0.406. The van der Waals surface area contributed by atoms with Crippen LogP contribution in [-0.2, 0) is 17.9 Å². The summed E-state index contributed by atoms with van der Waals surface area (Å²) in [7, 11) is 0. The molecule has 3 rings (SSSR count). The van der Waals surface area contributed by atoms with Gasteiger partial charge in [-0.2, -0.15) is 0 Å².